The fourth-order valence-corrected chi connectivity index (χ4v) is 2.98. The predicted octanol–water partition coefficient (Wildman–Crippen LogP) is 3.81. The van der Waals surface area contributed by atoms with Gasteiger partial charge >= 0.3 is 0 Å². The summed E-state index contributed by atoms with van der Waals surface area (Å²) in [6.45, 7) is 4.50. The number of anilines is 1. The van der Waals surface area contributed by atoms with Crippen molar-refractivity contribution in [2.75, 3.05) is 12.3 Å². The fraction of sp³-hybridized carbons (Fsp3) is 0.625. The first-order chi connectivity index (χ1) is 8.79. The summed E-state index contributed by atoms with van der Waals surface area (Å²) in [5, 5.41) is 0. The van der Waals surface area contributed by atoms with Crippen LogP contribution in [0, 0.1) is 0 Å². The molecule has 0 unspecified atom stereocenters. The van der Waals surface area contributed by atoms with Crippen LogP contribution in [-0.2, 0) is 6.54 Å². The van der Waals surface area contributed by atoms with Crippen molar-refractivity contribution in [3.05, 3.63) is 29.8 Å². The third-order valence-electron chi connectivity index (χ3n) is 4.11. The SMILES string of the molecule is CCN(Cc1ccc(N)cc1)C1CCCCCC1. The zero-order valence-corrected chi connectivity index (χ0v) is 11.6. The second-order valence-corrected chi connectivity index (χ2v) is 5.45. The summed E-state index contributed by atoms with van der Waals surface area (Å²) in [6, 6.07) is 9.13. The van der Waals surface area contributed by atoms with Crippen LogP contribution >= 0.6 is 0 Å². The van der Waals surface area contributed by atoms with Crippen molar-refractivity contribution in [2.24, 2.45) is 0 Å². The molecule has 0 bridgehead atoms. The van der Waals surface area contributed by atoms with E-state index in [1.165, 1.54) is 44.1 Å². The van der Waals surface area contributed by atoms with E-state index in [0.29, 0.717) is 0 Å². The topological polar surface area (TPSA) is 29.3 Å². The minimum Gasteiger partial charge on any atom is -0.399 e. The van der Waals surface area contributed by atoms with Crippen LogP contribution < -0.4 is 5.73 Å². The van der Waals surface area contributed by atoms with Crippen molar-refractivity contribution in [3.63, 3.8) is 0 Å². The molecule has 0 atom stereocenters. The molecule has 0 aliphatic heterocycles. The Kier molecular flexibility index (Phi) is 5.06. The first-order valence-corrected chi connectivity index (χ1v) is 7.38. The number of nitrogens with zero attached hydrogens (tertiary/aromatic N) is 1. The molecule has 100 valence electrons. The lowest BCUT2D eigenvalue weighted by Gasteiger charge is -2.30. The second kappa shape index (κ2) is 6.79. The van der Waals surface area contributed by atoms with Gasteiger partial charge in [-0.25, -0.2) is 0 Å². The van der Waals surface area contributed by atoms with E-state index >= 15 is 0 Å². The molecule has 2 N–H and O–H groups in total. The lowest BCUT2D eigenvalue weighted by atomic mass is 10.1. The highest BCUT2D eigenvalue weighted by Gasteiger charge is 2.18. The predicted molar refractivity (Wildman–Crippen MR) is 78.4 cm³/mol. The Morgan fingerprint density at radius 3 is 2.22 bits per heavy atom. The molecule has 0 saturated heterocycles. The van der Waals surface area contributed by atoms with Crippen LogP contribution in [0.5, 0.6) is 0 Å². The van der Waals surface area contributed by atoms with E-state index in [1.807, 2.05) is 12.1 Å². The number of benzene rings is 1. The molecule has 0 aromatic heterocycles. The Morgan fingerprint density at radius 1 is 1.06 bits per heavy atom. The average molecular weight is 246 g/mol. The largest absolute Gasteiger partial charge is 0.399 e. The van der Waals surface area contributed by atoms with Crippen molar-refractivity contribution < 1.29 is 0 Å². The third kappa shape index (κ3) is 3.74. The molecule has 1 aromatic rings. The number of nitrogen functional groups attached to an aromatic ring is 1. The van der Waals surface area contributed by atoms with Gasteiger partial charge in [-0.15, -0.1) is 0 Å². The zero-order chi connectivity index (χ0) is 12.8. The van der Waals surface area contributed by atoms with Crippen LogP contribution in [0.3, 0.4) is 0 Å². The van der Waals surface area contributed by atoms with Crippen molar-refractivity contribution >= 4 is 5.69 Å². The third-order valence-corrected chi connectivity index (χ3v) is 4.11. The van der Waals surface area contributed by atoms with Gasteiger partial charge in [0, 0.05) is 18.3 Å². The van der Waals surface area contributed by atoms with Gasteiger partial charge in [-0.2, -0.15) is 0 Å². The minimum atomic E-state index is 0.787. The molecule has 0 spiro atoms. The van der Waals surface area contributed by atoms with Crippen LogP contribution in [0.2, 0.25) is 0 Å². The first-order valence-electron chi connectivity index (χ1n) is 7.38. The maximum absolute atomic E-state index is 5.74. The lowest BCUT2D eigenvalue weighted by molar-refractivity contribution is 0.179. The van der Waals surface area contributed by atoms with Crippen molar-refractivity contribution in [3.8, 4) is 0 Å². The number of hydrogen-bond acceptors (Lipinski definition) is 2. The minimum absolute atomic E-state index is 0.787. The molecule has 1 fully saturated rings. The van der Waals surface area contributed by atoms with E-state index in [-0.39, 0.29) is 0 Å². The highest BCUT2D eigenvalue weighted by atomic mass is 15.1. The Balaban J connectivity index is 1.97. The summed E-state index contributed by atoms with van der Waals surface area (Å²) in [5.41, 5.74) is 7.98. The van der Waals surface area contributed by atoms with E-state index in [2.05, 4.69) is 24.0 Å². The average Bonchev–Trinajstić information content (AvgIpc) is 2.67. The molecule has 2 heteroatoms. The van der Waals surface area contributed by atoms with Gasteiger partial charge < -0.3 is 5.73 Å². The van der Waals surface area contributed by atoms with Crippen LogP contribution in [-0.4, -0.2) is 17.5 Å². The lowest BCUT2D eigenvalue weighted by Crippen LogP contribution is -2.34. The van der Waals surface area contributed by atoms with Gasteiger partial charge in [-0.05, 0) is 37.1 Å². The molecule has 2 nitrogen and oxygen atoms in total. The molecule has 1 aliphatic rings. The molecule has 18 heavy (non-hydrogen) atoms. The Hall–Kier alpha value is -1.02. The van der Waals surface area contributed by atoms with Gasteiger partial charge in [-0.1, -0.05) is 44.7 Å². The maximum Gasteiger partial charge on any atom is 0.0314 e. The van der Waals surface area contributed by atoms with Crippen molar-refractivity contribution in [2.45, 2.75) is 58.0 Å². The normalized spacial score (nSPS) is 17.9. The van der Waals surface area contributed by atoms with Gasteiger partial charge in [0.2, 0.25) is 0 Å². The van der Waals surface area contributed by atoms with Crippen LogP contribution in [0.15, 0.2) is 24.3 Å². The molecule has 2 rings (SSSR count). The van der Waals surface area contributed by atoms with Crippen LogP contribution in [0.4, 0.5) is 5.69 Å². The molecular weight excluding hydrogens is 220 g/mol. The quantitative estimate of drug-likeness (QED) is 0.646. The van der Waals surface area contributed by atoms with E-state index in [0.717, 1.165) is 24.8 Å². The molecule has 0 amide bonds. The summed E-state index contributed by atoms with van der Waals surface area (Å²) in [6.07, 6.45) is 8.42. The van der Waals surface area contributed by atoms with Crippen LogP contribution in [0.25, 0.3) is 0 Å². The molecule has 0 heterocycles. The summed E-state index contributed by atoms with van der Waals surface area (Å²) in [4.78, 5) is 2.64. The summed E-state index contributed by atoms with van der Waals surface area (Å²) < 4.78 is 0. The number of rotatable bonds is 4. The Bertz CT molecular complexity index is 337. The van der Waals surface area contributed by atoms with E-state index in [1.54, 1.807) is 0 Å². The number of hydrogen-bond donors (Lipinski definition) is 1. The standard InChI is InChI=1S/C16H26N2/c1-2-18(16-7-5-3-4-6-8-16)13-14-9-11-15(17)12-10-14/h9-12,16H,2-8,13,17H2,1H3. The van der Waals surface area contributed by atoms with Crippen LogP contribution in [0.1, 0.15) is 51.0 Å². The highest BCUT2D eigenvalue weighted by molar-refractivity contribution is 5.39. The van der Waals surface area contributed by atoms with Gasteiger partial charge in [0.25, 0.3) is 0 Å². The summed E-state index contributed by atoms with van der Waals surface area (Å²) in [7, 11) is 0. The summed E-state index contributed by atoms with van der Waals surface area (Å²) >= 11 is 0. The van der Waals surface area contributed by atoms with E-state index in [4.69, 9.17) is 5.73 Å². The molecule has 1 aliphatic carbocycles. The Morgan fingerprint density at radius 2 is 1.67 bits per heavy atom. The monoisotopic (exact) mass is 246 g/mol. The zero-order valence-electron chi connectivity index (χ0n) is 11.6. The smallest absolute Gasteiger partial charge is 0.0314 e. The molecule has 1 saturated carbocycles. The van der Waals surface area contributed by atoms with Crippen molar-refractivity contribution in [1.29, 1.82) is 0 Å². The van der Waals surface area contributed by atoms with Gasteiger partial charge in [0.15, 0.2) is 0 Å². The second-order valence-electron chi connectivity index (χ2n) is 5.45. The van der Waals surface area contributed by atoms with E-state index in [9.17, 15) is 0 Å². The van der Waals surface area contributed by atoms with Gasteiger partial charge in [0.1, 0.15) is 0 Å². The van der Waals surface area contributed by atoms with Crippen molar-refractivity contribution in [1.82, 2.24) is 4.90 Å². The van der Waals surface area contributed by atoms with Gasteiger partial charge in [-0.3, -0.25) is 4.90 Å². The summed E-state index contributed by atoms with van der Waals surface area (Å²) in [5.74, 6) is 0. The molecule has 0 radical (unpaired) electrons. The first kappa shape index (κ1) is 13.4. The van der Waals surface area contributed by atoms with E-state index < -0.39 is 0 Å². The fourth-order valence-electron chi connectivity index (χ4n) is 2.98. The van der Waals surface area contributed by atoms with Gasteiger partial charge in [0.05, 0.1) is 0 Å². The molecule has 1 aromatic carbocycles. The number of nitrogens with two attached hydrogens (primary N) is 1. The highest BCUT2D eigenvalue weighted by Crippen LogP contribution is 2.23. The Labute approximate surface area is 111 Å². The molecular formula is C16H26N2. The maximum atomic E-state index is 5.74.